The number of hydrogen-bond donors (Lipinski definition) is 1. The molecule has 0 bridgehead atoms. The number of carbonyl (C=O) groups excluding carboxylic acids is 1. The monoisotopic (exact) mass is 426 g/mol. The van der Waals surface area contributed by atoms with Gasteiger partial charge in [0.1, 0.15) is 11.9 Å². The van der Waals surface area contributed by atoms with Gasteiger partial charge in [0, 0.05) is 50.5 Å². The number of nitrogens with one attached hydrogen (secondary N) is 1. The number of rotatable bonds is 5. The van der Waals surface area contributed by atoms with E-state index >= 15 is 0 Å². The molecule has 3 fully saturated rings. The Kier molecular flexibility index (Phi) is 7.00. The van der Waals surface area contributed by atoms with Gasteiger partial charge in [0.2, 0.25) is 5.91 Å². The first kappa shape index (κ1) is 22.3. The Balaban J connectivity index is 1.36. The zero-order valence-electron chi connectivity index (χ0n) is 19.5. The van der Waals surface area contributed by atoms with Crippen LogP contribution in [0.15, 0.2) is 0 Å². The van der Waals surface area contributed by atoms with Gasteiger partial charge in [-0.15, -0.1) is 0 Å². The molecule has 7 heteroatoms. The molecular formula is C24H38N6O. The van der Waals surface area contributed by atoms with Crippen LogP contribution in [0.5, 0.6) is 0 Å². The standard InChI is InChI=1S/C24H38N6O/c1-18-19(2)30(20-7-4-5-8-20)24(22(18)15-25)26-23(31)17-28-11-13-29(14-12-28)21-9-6-10-27(3)16-21/h20-21H,4-14,16-17H2,1-3H3,(H,26,31). The first-order valence-electron chi connectivity index (χ1n) is 12.0. The van der Waals surface area contributed by atoms with Crippen molar-refractivity contribution in [2.75, 3.05) is 58.2 Å². The Morgan fingerprint density at radius 1 is 1.03 bits per heavy atom. The fraction of sp³-hybridized carbons (Fsp3) is 0.750. The van der Waals surface area contributed by atoms with Gasteiger partial charge in [-0.25, -0.2) is 0 Å². The van der Waals surface area contributed by atoms with E-state index in [0.29, 0.717) is 24.2 Å². The zero-order chi connectivity index (χ0) is 22.0. The van der Waals surface area contributed by atoms with Gasteiger partial charge in [-0.05, 0) is 58.7 Å². The second-order valence-corrected chi connectivity index (χ2v) is 9.77. The predicted molar refractivity (Wildman–Crippen MR) is 123 cm³/mol. The molecule has 1 amide bonds. The van der Waals surface area contributed by atoms with Crippen LogP contribution in [0.3, 0.4) is 0 Å². The minimum absolute atomic E-state index is 0.000836. The number of nitrogens with zero attached hydrogens (tertiary/aromatic N) is 5. The van der Waals surface area contributed by atoms with E-state index in [9.17, 15) is 10.1 Å². The molecule has 0 spiro atoms. The summed E-state index contributed by atoms with van der Waals surface area (Å²) in [5.41, 5.74) is 2.74. The molecule has 1 aromatic rings. The van der Waals surface area contributed by atoms with Gasteiger partial charge in [-0.2, -0.15) is 5.26 Å². The molecule has 3 heterocycles. The van der Waals surface area contributed by atoms with Crippen LogP contribution in [-0.2, 0) is 4.79 Å². The molecule has 3 aliphatic rings. The smallest absolute Gasteiger partial charge is 0.239 e. The van der Waals surface area contributed by atoms with Crippen LogP contribution in [-0.4, -0.2) is 84.1 Å². The normalized spacial score (nSPS) is 24.4. The van der Waals surface area contributed by atoms with Crippen molar-refractivity contribution in [1.29, 1.82) is 5.26 Å². The number of likely N-dealkylation sites (N-methyl/N-ethyl adjacent to an activating group) is 1. The summed E-state index contributed by atoms with van der Waals surface area (Å²) in [6.45, 7) is 10.8. The molecule has 1 aliphatic carbocycles. The maximum Gasteiger partial charge on any atom is 0.239 e. The van der Waals surface area contributed by atoms with Crippen molar-refractivity contribution in [3.63, 3.8) is 0 Å². The van der Waals surface area contributed by atoms with Gasteiger partial charge in [-0.3, -0.25) is 14.6 Å². The zero-order valence-corrected chi connectivity index (χ0v) is 19.5. The average molecular weight is 427 g/mol. The summed E-state index contributed by atoms with van der Waals surface area (Å²) in [5.74, 6) is 0.720. The first-order chi connectivity index (χ1) is 15.0. The highest BCUT2D eigenvalue weighted by Gasteiger charge is 2.29. The molecule has 0 aromatic carbocycles. The number of likely N-dealkylation sites (tertiary alicyclic amines) is 1. The van der Waals surface area contributed by atoms with Crippen LogP contribution < -0.4 is 5.32 Å². The molecule has 0 radical (unpaired) electrons. The molecule has 1 atom stereocenters. The number of piperidine rings is 1. The fourth-order valence-corrected chi connectivity index (χ4v) is 5.80. The number of aromatic nitrogens is 1. The summed E-state index contributed by atoms with van der Waals surface area (Å²) in [7, 11) is 2.22. The largest absolute Gasteiger partial charge is 0.327 e. The van der Waals surface area contributed by atoms with Crippen molar-refractivity contribution in [3.05, 3.63) is 16.8 Å². The maximum absolute atomic E-state index is 13.0. The van der Waals surface area contributed by atoms with E-state index in [1.54, 1.807) is 0 Å². The molecule has 1 saturated carbocycles. The van der Waals surface area contributed by atoms with Gasteiger partial charge >= 0.3 is 0 Å². The van der Waals surface area contributed by atoms with Gasteiger partial charge in [0.25, 0.3) is 0 Å². The van der Waals surface area contributed by atoms with E-state index in [0.717, 1.165) is 62.6 Å². The molecule has 1 N–H and O–H groups in total. The number of nitriles is 1. The van der Waals surface area contributed by atoms with Crippen LogP contribution in [0.4, 0.5) is 5.82 Å². The van der Waals surface area contributed by atoms with E-state index in [1.165, 1.54) is 32.2 Å². The molecule has 2 aliphatic heterocycles. The third-order valence-electron chi connectivity index (χ3n) is 7.71. The topological polar surface area (TPSA) is 67.5 Å². The summed E-state index contributed by atoms with van der Waals surface area (Å²) >= 11 is 0. The second kappa shape index (κ2) is 9.72. The molecule has 170 valence electrons. The Labute approximate surface area is 187 Å². The van der Waals surface area contributed by atoms with E-state index in [1.807, 2.05) is 6.92 Å². The van der Waals surface area contributed by atoms with Crippen LogP contribution in [0.25, 0.3) is 0 Å². The van der Waals surface area contributed by atoms with Crippen molar-refractivity contribution < 1.29 is 4.79 Å². The third kappa shape index (κ3) is 4.82. The van der Waals surface area contributed by atoms with Crippen molar-refractivity contribution in [3.8, 4) is 6.07 Å². The van der Waals surface area contributed by atoms with Crippen molar-refractivity contribution in [1.82, 2.24) is 19.3 Å². The lowest BCUT2D eigenvalue weighted by Crippen LogP contribution is -2.55. The second-order valence-electron chi connectivity index (χ2n) is 9.77. The van der Waals surface area contributed by atoms with Crippen molar-refractivity contribution >= 4 is 11.7 Å². The van der Waals surface area contributed by atoms with Gasteiger partial charge in [-0.1, -0.05) is 12.8 Å². The number of hydrogen-bond acceptors (Lipinski definition) is 5. The number of carbonyl (C=O) groups is 1. The van der Waals surface area contributed by atoms with Crippen LogP contribution >= 0.6 is 0 Å². The van der Waals surface area contributed by atoms with Crippen LogP contribution in [0.2, 0.25) is 0 Å². The quantitative estimate of drug-likeness (QED) is 0.784. The molecular weight excluding hydrogens is 388 g/mol. The molecule has 7 nitrogen and oxygen atoms in total. The maximum atomic E-state index is 13.0. The summed E-state index contributed by atoms with van der Waals surface area (Å²) < 4.78 is 2.23. The summed E-state index contributed by atoms with van der Waals surface area (Å²) in [6, 6.07) is 3.40. The van der Waals surface area contributed by atoms with E-state index < -0.39 is 0 Å². The van der Waals surface area contributed by atoms with Gasteiger partial charge in [0.05, 0.1) is 12.1 Å². The molecule has 31 heavy (non-hydrogen) atoms. The van der Waals surface area contributed by atoms with E-state index in [4.69, 9.17) is 0 Å². The fourth-order valence-electron chi connectivity index (χ4n) is 5.80. The van der Waals surface area contributed by atoms with E-state index in [-0.39, 0.29) is 5.91 Å². The number of anilines is 1. The average Bonchev–Trinajstić information content (AvgIpc) is 3.35. The Morgan fingerprint density at radius 3 is 2.35 bits per heavy atom. The van der Waals surface area contributed by atoms with Crippen molar-refractivity contribution in [2.24, 2.45) is 0 Å². The molecule has 2 saturated heterocycles. The molecule has 4 rings (SSSR count). The Hall–Kier alpha value is -1.88. The first-order valence-corrected chi connectivity index (χ1v) is 12.0. The Morgan fingerprint density at radius 2 is 1.71 bits per heavy atom. The van der Waals surface area contributed by atoms with E-state index in [2.05, 4.69) is 44.6 Å². The highest BCUT2D eigenvalue weighted by atomic mass is 16.2. The summed E-state index contributed by atoms with van der Waals surface area (Å²) in [6.07, 6.45) is 7.26. The lowest BCUT2D eigenvalue weighted by atomic mass is 10.0. The number of piperazine rings is 1. The minimum Gasteiger partial charge on any atom is -0.327 e. The summed E-state index contributed by atoms with van der Waals surface area (Å²) in [4.78, 5) is 20.3. The van der Waals surface area contributed by atoms with Crippen LogP contribution in [0, 0.1) is 25.2 Å². The highest BCUT2D eigenvalue weighted by Crippen LogP contribution is 2.37. The number of amides is 1. The lowest BCUT2D eigenvalue weighted by Gasteiger charge is -2.42. The molecule has 1 aromatic heterocycles. The summed E-state index contributed by atoms with van der Waals surface area (Å²) in [5, 5.41) is 12.9. The highest BCUT2D eigenvalue weighted by molar-refractivity contribution is 5.93. The van der Waals surface area contributed by atoms with Crippen molar-refractivity contribution in [2.45, 2.75) is 64.5 Å². The van der Waals surface area contributed by atoms with Gasteiger partial charge < -0.3 is 14.8 Å². The van der Waals surface area contributed by atoms with Crippen LogP contribution in [0.1, 0.15) is 61.4 Å². The SMILES string of the molecule is Cc1c(C#N)c(NC(=O)CN2CCN(C3CCCN(C)C3)CC2)n(C2CCCC2)c1C. The lowest BCUT2D eigenvalue weighted by molar-refractivity contribution is -0.117. The third-order valence-corrected chi connectivity index (χ3v) is 7.71. The van der Waals surface area contributed by atoms with Gasteiger partial charge in [0.15, 0.2) is 0 Å². The molecule has 1 unspecified atom stereocenters. The minimum atomic E-state index is -0.000836. The predicted octanol–water partition coefficient (Wildman–Crippen LogP) is 2.74. The Bertz CT molecular complexity index is 826.